The number of amides is 2. The molecular weight excluding hydrogens is 337 g/mol. The monoisotopic (exact) mass is 345 g/mol. The third kappa shape index (κ3) is 4.07. The van der Waals surface area contributed by atoms with Gasteiger partial charge in [0.2, 0.25) is 0 Å². The van der Waals surface area contributed by atoms with Crippen LogP contribution in [0.2, 0.25) is 10.0 Å². The average Bonchev–Trinajstić information content (AvgIpc) is 2.41. The van der Waals surface area contributed by atoms with E-state index in [1.165, 1.54) is 24.4 Å². The fourth-order valence-electron chi connectivity index (χ4n) is 1.43. The van der Waals surface area contributed by atoms with Crippen molar-refractivity contribution in [1.82, 2.24) is 9.71 Å². The Hall–Kier alpha value is -1.83. The summed E-state index contributed by atoms with van der Waals surface area (Å²) in [5.41, 5.74) is 0.393. The van der Waals surface area contributed by atoms with E-state index >= 15 is 0 Å². The molecule has 0 aliphatic rings. The van der Waals surface area contributed by atoms with E-state index in [0.717, 1.165) is 6.20 Å². The van der Waals surface area contributed by atoms with E-state index in [-0.39, 0.29) is 9.92 Å². The molecule has 0 atom stereocenters. The third-order valence-electron chi connectivity index (χ3n) is 2.35. The van der Waals surface area contributed by atoms with Gasteiger partial charge in [0.25, 0.3) is 10.0 Å². The number of halogens is 2. The van der Waals surface area contributed by atoms with Gasteiger partial charge in [-0.05, 0) is 30.3 Å². The fourth-order valence-corrected chi connectivity index (χ4v) is 2.89. The molecule has 0 saturated heterocycles. The van der Waals surface area contributed by atoms with E-state index < -0.39 is 16.1 Å². The fraction of sp³-hybridized carbons (Fsp3) is 0. The smallest absolute Gasteiger partial charge is 0.307 e. The normalized spacial score (nSPS) is 11.0. The lowest BCUT2D eigenvalue weighted by atomic mass is 10.3. The van der Waals surface area contributed by atoms with Gasteiger partial charge in [0.1, 0.15) is 4.90 Å². The van der Waals surface area contributed by atoms with Crippen LogP contribution in [0.3, 0.4) is 0 Å². The quantitative estimate of drug-likeness (QED) is 0.894. The van der Waals surface area contributed by atoms with Gasteiger partial charge in [0.05, 0.1) is 5.02 Å². The second-order valence-electron chi connectivity index (χ2n) is 3.87. The van der Waals surface area contributed by atoms with Crippen LogP contribution < -0.4 is 10.0 Å². The Bertz CT molecular complexity index is 764. The number of sulfonamides is 1. The Morgan fingerprint density at radius 1 is 1.10 bits per heavy atom. The second kappa shape index (κ2) is 6.30. The number of pyridine rings is 1. The van der Waals surface area contributed by atoms with Crippen molar-refractivity contribution in [2.24, 2.45) is 0 Å². The van der Waals surface area contributed by atoms with Crippen LogP contribution in [-0.4, -0.2) is 19.4 Å². The highest BCUT2D eigenvalue weighted by Crippen LogP contribution is 2.19. The molecule has 0 unspecified atom stereocenters. The number of nitrogens with zero attached hydrogens (tertiary/aromatic N) is 1. The molecule has 21 heavy (non-hydrogen) atoms. The van der Waals surface area contributed by atoms with Gasteiger partial charge in [-0.15, -0.1) is 0 Å². The van der Waals surface area contributed by atoms with Gasteiger partial charge < -0.3 is 5.32 Å². The topological polar surface area (TPSA) is 88.2 Å². The predicted octanol–water partition coefficient (Wildman–Crippen LogP) is 2.90. The minimum atomic E-state index is -4.10. The maximum atomic E-state index is 12.0. The first-order valence-corrected chi connectivity index (χ1v) is 7.81. The van der Waals surface area contributed by atoms with Crippen molar-refractivity contribution in [2.75, 3.05) is 5.32 Å². The van der Waals surface area contributed by atoms with Gasteiger partial charge in [-0.3, -0.25) is 4.98 Å². The lowest BCUT2D eigenvalue weighted by molar-refractivity contribution is 0.256. The lowest BCUT2D eigenvalue weighted by Gasteiger charge is -2.09. The van der Waals surface area contributed by atoms with E-state index in [9.17, 15) is 13.2 Å². The number of carbonyl (C=O) groups is 1. The number of nitrogens with one attached hydrogen (secondary N) is 2. The van der Waals surface area contributed by atoms with E-state index in [0.29, 0.717) is 10.7 Å². The van der Waals surface area contributed by atoms with Crippen LogP contribution in [-0.2, 0) is 10.0 Å². The molecule has 9 heteroatoms. The first kappa shape index (κ1) is 15.6. The summed E-state index contributed by atoms with van der Waals surface area (Å²) in [4.78, 5) is 15.1. The summed E-state index contributed by atoms with van der Waals surface area (Å²) < 4.78 is 25.8. The molecule has 0 spiro atoms. The van der Waals surface area contributed by atoms with Gasteiger partial charge in [-0.2, -0.15) is 0 Å². The Kier molecular flexibility index (Phi) is 4.66. The zero-order valence-electron chi connectivity index (χ0n) is 10.4. The first-order valence-electron chi connectivity index (χ1n) is 5.57. The molecule has 110 valence electrons. The molecule has 0 saturated carbocycles. The highest BCUT2D eigenvalue weighted by molar-refractivity contribution is 7.90. The SMILES string of the molecule is O=C(Nc1ccc(Cl)cc1)NS(=O)(=O)c1cnccc1Cl. The van der Waals surface area contributed by atoms with Crippen LogP contribution in [0, 0.1) is 0 Å². The molecule has 2 N–H and O–H groups in total. The van der Waals surface area contributed by atoms with E-state index in [1.807, 2.05) is 4.72 Å². The number of hydrogen-bond donors (Lipinski definition) is 2. The van der Waals surface area contributed by atoms with Gasteiger partial charge in [0.15, 0.2) is 0 Å². The summed E-state index contributed by atoms with van der Waals surface area (Å²) >= 11 is 11.5. The molecule has 6 nitrogen and oxygen atoms in total. The molecular formula is C12H9Cl2N3O3S. The van der Waals surface area contributed by atoms with Crippen molar-refractivity contribution in [1.29, 1.82) is 0 Å². The Balaban J connectivity index is 2.12. The van der Waals surface area contributed by atoms with Gasteiger partial charge >= 0.3 is 6.03 Å². The summed E-state index contributed by atoms with van der Waals surface area (Å²) in [5, 5.41) is 2.83. The number of benzene rings is 1. The van der Waals surface area contributed by atoms with Crippen molar-refractivity contribution in [2.45, 2.75) is 4.90 Å². The highest BCUT2D eigenvalue weighted by atomic mass is 35.5. The minimum absolute atomic E-state index is 0.0307. The zero-order chi connectivity index (χ0) is 15.5. The van der Waals surface area contributed by atoms with E-state index in [2.05, 4.69) is 10.3 Å². The van der Waals surface area contributed by atoms with Crippen LogP contribution >= 0.6 is 23.2 Å². The molecule has 1 aromatic heterocycles. The molecule has 0 aliphatic carbocycles. The van der Waals surface area contributed by atoms with E-state index in [1.54, 1.807) is 12.1 Å². The molecule has 2 rings (SSSR count). The number of hydrogen-bond acceptors (Lipinski definition) is 4. The first-order chi connectivity index (χ1) is 9.88. The molecule has 0 fully saturated rings. The van der Waals surface area contributed by atoms with Gasteiger partial charge in [-0.1, -0.05) is 23.2 Å². The Morgan fingerprint density at radius 3 is 2.38 bits per heavy atom. The molecule has 2 aromatic rings. The molecule has 0 aliphatic heterocycles. The number of urea groups is 1. The van der Waals surface area contributed by atoms with Crippen LogP contribution in [0.4, 0.5) is 10.5 Å². The summed E-state index contributed by atoms with van der Waals surface area (Å²) in [7, 11) is -4.10. The average molecular weight is 346 g/mol. The standard InChI is InChI=1S/C12H9Cl2N3O3S/c13-8-1-3-9(4-2-8)16-12(18)17-21(19,20)11-7-15-6-5-10(11)14/h1-7H,(H2,16,17,18). The van der Waals surface area contributed by atoms with Gasteiger partial charge in [0, 0.05) is 23.1 Å². The third-order valence-corrected chi connectivity index (χ3v) is 4.40. The number of carbonyl (C=O) groups excluding carboxylic acids is 1. The summed E-state index contributed by atoms with van der Waals surface area (Å²) in [6, 6.07) is 6.58. The van der Waals surface area contributed by atoms with Crippen molar-refractivity contribution < 1.29 is 13.2 Å². The molecule has 2 amide bonds. The van der Waals surface area contributed by atoms with Crippen molar-refractivity contribution in [3.63, 3.8) is 0 Å². The van der Waals surface area contributed by atoms with Crippen LogP contribution in [0.15, 0.2) is 47.6 Å². The minimum Gasteiger partial charge on any atom is -0.307 e. The van der Waals surface area contributed by atoms with Crippen LogP contribution in [0.1, 0.15) is 0 Å². The summed E-state index contributed by atoms with van der Waals surface area (Å²) in [5.74, 6) is 0. The highest BCUT2D eigenvalue weighted by Gasteiger charge is 2.20. The van der Waals surface area contributed by atoms with Crippen molar-refractivity contribution in [3.05, 3.63) is 52.8 Å². The number of anilines is 1. The largest absolute Gasteiger partial charge is 0.333 e. The van der Waals surface area contributed by atoms with Crippen LogP contribution in [0.5, 0.6) is 0 Å². The molecule has 0 bridgehead atoms. The van der Waals surface area contributed by atoms with Crippen LogP contribution in [0.25, 0.3) is 0 Å². The number of aromatic nitrogens is 1. The zero-order valence-corrected chi connectivity index (χ0v) is 12.7. The maximum Gasteiger partial charge on any atom is 0.333 e. The molecule has 1 aromatic carbocycles. The summed E-state index contributed by atoms with van der Waals surface area (Å²) in [6.45, 7) is 0. The number of rotatable bonds is 3. The predicted molar refractivity (Wildman–Crippen MR) is 80.0 cm³/mol. The van der Waals surface area contributed by atoms with Crippen molar-refractivity contribution in [3.8, 4) is 0 Å². The molecule has 0 radical (unpaired) electrons. The van der Waals surface area contributed by atoms with Gasteiger partial charge in [-0.25, -0.2) is 17.9 Å². The Morgan fingerprint density at radius 2 is 1.76 bits per heavy atom. The van der Waals surface area contributed by atoms with E-state index in [4.69, 9.17) is 23.2 Å². The maximum absolute atomic E-state index is 12.0. The lowest BCUT2D eigenvalue weighted by Crippen LogP contribution is -2.34. The molecule has 1 heterocycles. The second-order valence-corrected chi connectivity index (χ2v) is 6.37. The Labute approximate surface area is 131 Å². The van der Waals surface area contributed by atoms with Crippen molar-refractivity contribution >= 4 is 44.9 Å². The summed E-state index contributed by atoms with van der Waals surface area (Å²) in [6.07, 6.45) is 2.40.